The molecule has 2 N–H and O–H groups in total. The lowest BCUT2D eigenvalue weighted by Gasteiger charge is -2.16. The quantitative estimate of drug-likeness (QED) is 0.924. The van der Waals surface area contributed by atoms with Gasteiger partial charge < -0.3 is 10.5 Å². The minimum Gasteiger partial charge on any atom is -0.489 e. The summed E-state index contributed by atoms with van der Waals surface area (Å²) < 4.78 is 5.65. The largest absolute Gasteiger partial charge is 0.489 e. The highest BCUT2D eigenvalue weighted by atomic mass is 16.5. The van der Waals surface area contributed by atoms with Crippen molar-refractivity contribution < 1.29 is 4.74 Å². The van der Waals surface area contributed by atoms with E-state index in [4.69, 9.17) is 10.5 Å². The van der Waals surface area contributed by atoms with Gasteiger partial charge in [-0.25, -0.2) is 0 Å². The van der Waals surface area contributed by atoms with E-state index in [0.717, 1.165) is 28.3 Å². The average Bonchev–Trinajstić information content (AvgIpc) is 2.40. The second kappa shape index (κ2) is 5.96. The van der Waals surface area contributed by atoms with Crippen LogP contribution in [-0.4, -0.2) is 21.3 Å². The topological polar surface area (TPSA) is 73.9 Å². The first-order valence-electron chi connectivity index (χ1n) is 6.65. The maximum Gasteiger partial charge on any atom is 0.138 e. The van der Waals surface area contributed by atoms with Crippen molar-refractivity contribution in [1.82, 2.24) is 15.2 Å². The summed E-state index contributed by atoms with van der Waals surface area (Å²) in [6, 6.07) is 3.60. The first-order chi connectivity index (χ1) is 9.47. The van der Waals surface area contributed by atoms with E-state index in [0.29, 0.717) is 0 Å². The van der Waals surface area contributed by atoms with Crippen molar-refractivity contribution in [2.24, 2.45) is 5.73 Å². The van der Waals surface area contributed by atoms with Gasteiger partial charge >= 0.3 is 0 Å². The molecule has 0 fully saturated rings. The molecule has 0 aliphatic heterocycles. The number of hydrogen-bond acceptors (Lipinski definition) is 5. The number of aryl methyl sites for hydroxylation is 2. The Labute approximate surface area is 119 Å². The number of nitrogens with two attached hydrogens (primary N) is 1. The molecule has 2 heterocycles. The predicted molar refractivity (Wildman–Crippen MR) is 77.5 cm³/mol. The van der Waals surface area contributed by atoms with E-state index in [2.05, 4.69) is 15.2 Å². The molecule has 0 bridgehead atoms. The van der Waals surface area contributed by atoms with Crippen LogP contribution in [0.2, 0.25) is 0 Å². The van der Waals surface area contributed by atoms with Crippen molar-refractivity contribution in [3.63, 3.8) is 0 Å². The van der Waals surface area contributed by atoms with Crippen molar-refractivity contribution >= 4 is 0 Å². The lowest BCUT2D eigenvalue weighted by Crippen LogP contribution is -2.16. The summed E-state index contributed by atoms with van der Waals surface area (Å²) in [5, 5.41) is 8.14. The third-order valence-corrected chi connectivity index (χ3v) is 2.94. The molecule has 0 radical (unpaired) electrons. The van der Waals surface area contributed by atoms with Crippen LogP contribution in [0.1, 0.15) is 42.4 Å². The normalized spacial score (nSPS) is 12.5. The molecule has 0 aromatic carbocycles. The summed E-state index contributed by atoms with van der Waals surface area (Å²) in [6.07, 6.45) is 3.56. The van der Waals surface area contributed by atoms with Gasteiger partial charge in [-0.3, -0.25) is 4.98 Å². The first kappa shape index (κ1) is 14.4. The molecule has 0 spiro atoms. The Morgan fingerprint density at radius 2 is 1.85 bits per heavy atom. The third kappa shape index (κ3) is 3.30. The zero-order chi connectivity index (χ0) is 14.7. The zero-order valence-electron chi connectivity index (χ0n) is 12.3. The van der Waals surface area contributed by atoms with E-state index in [9.17, 15) is 0 Å². The monoisotopic (exact) mass is 272 g/mol. The Bertz CT molecular complexity index is 598. The molecule has 0 aliphatic rings. The van der Waals surface area contributed by atoms with Gasteiger partial charge in [-0.2, -0.15) is 10.2 Å². The molecule has 2 rings (SSSR count). The van der Waals surface area contributed by atoms with E-state index in [1.54, 1.807) is 12.4 Å². The SMILES string of the molecule is Cc1cc(C(N)c2cncc(OC(C)C)c2)c(C)nn1. The predicted octanol–water partition coefficient (Wildman–Crippen LogP) is 2.32. The lowest BCUT2D eigenvalue weighted by molar-refractivity contribution is 0.241. The van der Waals surface area contributed by atoms with Gasteiger partial charge in [0.2, 0.25) is 0 Å². The van der Waals surface area contributed by atoms with Gasteiger partial charge in [0.15, 0.2) is 0 Å². The van der Waals surface area contributed by atoms with Crippen LogP contribution in [0.3, 0.4) is 0 Å². The molecule has 106 valence electrons. The molecule has 0 saturated heterocycles. The summed E-state index contributed by atoms with van der Waals surface area (Å²) in [7, 11) is 0. The van der Waals surface area contributed by atoms with Gasteiger partial charge in [0, 0.05) is 6.20 Å². The number of nitrogens with zero attached hydrogens (tertiary/aromatic N) is 3. The molecule has 2 aromatic heterocycles. The fourth-order valence-electron chi connectivity index (χ4n) is 2.01. The molecule has 0 aliphatic carbocycles. The van der Waals surface area contributed by atoms with Crippen molar-refractivity contribution in [3.8, 4) is 5.75 Å². The standard InChI is InChI=1S/C15H20N4O/c1-9(2)20-13-6-12(7-17-8-13)15(16)14-5-10(3)18-19-11(14)4/h5-9,15H,16H2,1-4H3. The highest BCUT2D eigenvalue weighted by molar-refractivity contribution is 5.35. The van der Waals surface area contributed by atoms with Crippen LogP contribution in [0.5, 0.6) is 5.75 Å². The van der Waals surface area contributed by atoms with E-state index >= 15 is 0 Å². The lowest BCUT2D eigenvalue weighted by atomic mass is 10.00. The van der Waals surface area contributed by atoms with E-state index in [-0.39, 0.29) is 12.1 Å². The second-order valence-corrected chi connectivity index (χ2v) is 5.12. The molecule has 0 amide bonds. The molecule has 20 heavy (non-hydrogen) atoms. The Morgan fingerprint density at radius 1 is 1.10 bits per heavy atom. The second-order valence-electron chi connectivity index (χ2n) is 5.12. The summed E-state index contributed by atoms with van der Waals surface area (Å²) >= 11 is 0. The van der Waals surface area contributed by atoms with Crippen LogP contribution < -0.4 is 10.5 Å². The molecule has 5 nitrogen and oxygen atoms in total. The Kier molecular flexibility index (Phi) is 4.29. The van der Waals surface area contributed by atoms with Crippen molar-refractivity contribution in [2.75, 3.05) is 0 Å². The van der Waals surface area contributed by atoms with Gasteiger partial charge in [-0.05, 0) is 51.0 Å². The van der Waals surface area contributed by atoms with Gasteiger partial charge in [0.25, 0.3) is 0 Å². The fourth-order valence-corrected chi connectivity index (χ4v) is 2.01. The molecule has 1 atom stereocenters. The van der Waals surface area contributed by atoms with Gasteiger partial charge in [0.05, 0.1) is 29.7 Å². The number of rotatable bonds is 4. The molecule has 1 unspecified atom stereocenters. The summed E-state index contributed by atoms with van der Waals surface area (Å²) in [5.41, 5.74) is 9.87. The molecule has 0 saturated carbocycles. The van der Waals surface area contributed by atoms with Crippen molar-refractivity contribution in [3.05, 3.63) is 47.0 Å². The highest BCUT2D eigenvalue weighted by Gasteiger charge is 2.14. The average molecular weight is 272 g/mol. The van der Waals surface area contributed by atoms with Crippen molar-refractivity contribution in [2.45, 2.75) is 39.8 Å². The van der Waals surface area contributed by atoms with Crippen LogP contribution >= 0.6 is 0 Å². The van der Waals surface area contributed by atoms with Gasteiger partial charge in [-0.1, -0.05) is 0 Å². The molecular weight excluding hydrogens is 252 g/mol. The maximum absolute atomic E-state index is 6.32. The summed E-state index contributed by atoms with van der Waals surface area (Å²) in [6.45, 7) is 7.77. The third-order valence-electron chi connectivity index (χ3n) is 2.94. The Hall–Kier alpha value is -2.01. The number of ether oxygens (including phenoxy) is 1. The van der Waals surface area contributed by atoms with Crippen LogP contribution in [0.15, 0.2) is 24.5 Å². The first-order valence-corrected chi connectivity index (χ1v) is 6.65. The summed E-state index contributed by atoms with van der Waals surface area (Å²) in [4.78, 5) is 4.20. The molecular formula is C15H20N4O. The molecule has 5 heteroatoms. The number of hydrogen-bond donors (Lipinski definition) is 1. The fraction of sp³-hybridized carbons (Fsp3) is 0.400. The van der Waals surface area contributed by atoms with Crippen LogP contribution in [0.4, 0.5) is 0 Å². The Morgan fingerprint density at radius 3 is 2.55 bits per heavy atom. The van der Waals surface area contributed by atoms with Crippen LogP contribution in [-0.2, 0) is 0 Å². The minimum absolute atomic E-state index is 0.106. The Balaban J connectivity index is 2.33. The van der Waals surface area contributed by atoms with Gasteiger partial charge in [-0.15, -0.1) is 0 Å². The minimum atomic E-state index is -0.285. The number of pyridine rings is 1. The van der Waals surface area contributed by atoms with Crippen molar-refractivity contribution in [1.29, 1.82) is 0 Å². The maximum atomic E-state index is 6.32. The zero-order valence-corrected chi connectivity index (χ0v) is 12.3. The van der Waals surface area contributed by atoms with Crippen LogP contribution in [0, 0.1) is 13.8 Å². The molecule has 2 aromatic rings. The van der Waals surface area contributed by atoms with E-state index < -0.39 is 0 Å². The van der Waals surface area contributed by atoms with Gasteiger partial charge in [0.1, 0.15) is 5.75 Å². The highest BCUT2D eigenvalue weighted by Crippen LogP contribution is 2.24. The van der Waals surface area contributed by atoms with Crippen LogP contribution in [0.25, 0.3) is 0 Å². The number of aromatic nitrogens is 3. The van der Waals surface area contributed by atoms with E-state index in [1.165, 1.54) is 0 Å². The summed E-state index contributed by atoms with van der Waals surface area (Å²) in [5.74, 6) is 0.726. The smallest absolute Gasteiger partial charge is 0.138 e. The van der Waals surface area contributed by atoms with E-state index in [1.807, 2.05) is 39.8 Å².